The summed E-state index contributed by atoms with van der Waals surface area (Å²) >= 11 is 0. The van der Waals surface area contributed by atoms with E-state index in [0.717, 1.165) is 29.1 Å². The van der Waals surface area contributed by atoms with E-state index < -0.39 is 0 Å². The highest BCUT2D eigenvalue weighted by Crippen LogP contribution is 2.17. The van der Waals surface area contributed by atoms with E-state index in [4.69, 9.17) is 4.74 Å². The molecule has 0 atom stereocenters. The predicted octanol–water partition coefficient (Wildman–Crippen LogP) is 1.63. The SMILES string of the molecule is COc1ccccc1CNC(=O)NCc1ccc(N2CCNC(=O)C2)cc1. The lowest BCUT2D eigenvalue weighted by Gasteiger charge is -2.28. The van der Waals surface area contributed by atoms with Crippen LogP contribution < -0.4 is 25.6 Å². The van der Waals surface area contributed by atoms with Gasteiger partial charge in [0.25, 0.3) is 0 Å². The van der Waals surface area contributed by atoms with Crippen LogP contribution in [0.3, 0.4) is 0 Å². The van der Waals surface area contributed by atoms with Crippen LogP contribution in [-0.2, 0) is 17.9 Å². The molecule has 0 aromatic heterocycles. The fraction of sp³-hybridized carbons (Fsp3) is 0.300. The Morgan fingerprint density at radius 3 is 2.59 bits per heavy atom. The maximum Gasteiger partial charge on any atom is 0.315 e. The number of rotatable bonds is 6. The summed E-state index contributed by atoms with van der Waals surface area (Å²) < 4.78 is 5.27. The van der Waals surface area contributed by atoms with Crippen molar-refractivity contribution >= 4 is 17.6 Å². The van der Waals surface area contributed by atoms with Gasteiger partial charge in [-0.15, -0.1) is 0 Å². The molecule has 2 aromatic rings. The van der Waals surface area contributed by atoms with Crippen molar-refractivity contribution in [2.75, 3.05) is 31.6 Å². The highest BCUT2D eigenvalue weighted by atomic mass is 16.5. The van der Waals surface area contributed by atoms with Crippen LogP contribution in [0.4, 0.5) is 10.5 Å². The molecule has 3 amide bonds. The quantitative estimate of drug-likeness (QED) is 0.724. The Labute approximate surface area is 158 Å². The monoisotopic (exact) mass is 368 g/mol. The first-order chi connectivity index (χ1) is 13.2. The minimum absolute atomic E-state index is 0.0405. The third kappa shape index (κ3) is 5.13. The maximum atomic E-state index is 12.0. The van der Waals surface area contributed by atoms with E-state index in [9.17, 15) is 9.59 Å². The molecule has 0 saturated carbocycles. The first-order valence-corrected chi connectivity index (χ1v) is 8.90. The Balaban J connectivity index is 1.46. The van der Waals surface area contributed by atoms with Gasteiger partial charge in [-0.2, -0.15) is 0 Å². The summed E-state index contributed by atoms with van der Waals surface area (Å²) in [5.41, 5.74) is 2.92. The lowest BCUT2D eigenvalue weighted by atomic mass is 10.2. The molecule has 7 heteroatoms. The van der Waals surface area contributed by atoms with Gasteiger partial charge in [-0.25, -0.2) is 4.79 Å². The van der Waals surface area contributed by atoms with E-state index >= 15 is 0 Å². The number of nitrogens with one attached hydrogen (secondary N) is 3. The lowest BCUT2D eigenvalue weighted by molar-refractivity contribution is -0.120. The number of hydrogen-bond donors (Lipinski definition) is 3. The Bertz CT molecular complexity index is 792. The Morgan fingerprint density at radius 1 is 1.11 bits per heavy atom. The molecular formula is C20H24N4O3. The summed E-state index contributed by atoms with van der Waals surface area (Å²) in [6.45, 7) is 2.66. The molecule has 1 aliphatic rings. The van der Waals surface area contributed by atoms with Crippen LogP contribution in [-0.4, -0.2) is 38.7 Å². The molecule has 1 saturated heterocycles. The molecule has 3 rings (SSSR count). The molecule has 0 unspecified atom stereocenters. The Hall–Kier alpha value is -3.22. The van der Waals surface area contributed by atoms with Crippen LogP contribution >= 0.6 is 0 Å². The van der Waals surface area contributed by atoms with Gasteiger partial charge in [-0.1, -0.05) is 30.3 Å². The Kier molecular flexibility index (Phi) is 6.14. The first kappa shape index (κ1) is 18.6. The second kappa shape index (κ2) is 8.93. The topological polar surface area (TPSA) is 82.7 Å². The summed E-state index contributed by atoms with van der Waals surface area (Å²) in [5, 5.41) is 8.49. The van der Waals surface area contributed by atoms with Crippen LogP contribution in [0, 0.1) is 0 Å². The average Bonchev–Trinajstić information content (AvgIpc) is 2.71. The number of para-hydroxylation sites is 1. The molecule has 3 N–H and O–H groups in total. The van der Waals surface area contributed by atoms with Gasteiger partial charge in [0.05, 0.1) is 13.7 Å². The van der Waals surface area contributed by atoms with E-state index in [0.29, 0.717) is 26.2 Å². The van der Waals surface area contributed by atoms with Crippen molar-refractivity contribution in [3.05, 3.63) is 59.7 Å². The van der Waals surface area contributed by atoms with Crippen molar-refractivity contribution in [2.45, 2.75) is 13.1 Å². The largest absolute Gasteiger partial charge is 0.496 e. The molecule has 27 heavy (non-hydrogen) atoms. The third-order valence-corrected chi connectivity index (χ3v) is 4.42. The van der Waals surface area contributed by atoms with Crippen molar-refractivity contribution in [1.82, 2.24) is 16.0 Å². The van der Waals surface area contributed by atoms with E-state index in [1.165, 1.54) is 0 Å². The number of carbonyl (C=O) groups is 2. The maximum absolute atomic E-state index is 12.0. The average molecular weight is 368 g/mol. The zero-order chi connectivity index (χ0) is 19.1. The minimum atomic E-state index is -0.238. The minimum Gasteiger partial charge on any atom is -0.496 e. The molecule has 142 valence electrons. The van der Waals surface area contributed by atoms with Crippen molar-refractivity contribution in [1.29, 1.82) is 0 Å². The van der Waals surface area contributed by atoms with E-state index in [1.54, 1.807) is 7.11 Å². The highest BCUT2D eigenvalue weighted by molar-refractivity contribution is 5.82. The van der Waals surface area contributed by atoms with Gasteiger partial charge in [0.2, 0.25) is 5.91 Å². The summed E-state index contributed by atoms with van der Waals surface area (Å²) in [6, 6.07) is 15.2. The number of urea groups is 1. The van der Waals surface area contributed by atoms with Gasteiger partial charge < -0.3 is 25.6 Å². The summed E-state index contributed by atoms with van der Waals surface area (Å²) in [5.74, 6) is 0.790. The fourth-order valence-electron chi connectivity index (χ4n) is 2.95. The lowest BCUT2D eigenvalue weighted by Crippen LogP contribution is -2.47. The van der Waals surface area contributed by atoms with Crippen LogP contribution in [0.15, 0.2) is 48.5 Å². The normalized spacial score (nSPS) is 13.7. The molecule has 2 aromatic carbocycles. The zero-order valence-corrected chi connectivity index (χ0v) is 15.3. The number of anilines is 1. The van der Waals surface area contributed by atoms with E-state index in [1.807, 2.05) is 53.4 Å². The predicted molar refractivity (Wildman–Crippen MR) is 104 cm³/mol. The van der Waals surface area contributed by atoms with E-state index in [2.05, 4.69) is 16.0 Å². The number of hydrogen-bond acceptors (Lipinski definition) is 4. The second-order valence-electron chi connectivity index (χ2n) is 6.29. The first-order valence-electron chi connectivity index (χ1n) is 8.90. The number of piperazine rings is 1. The summed E-state index contributed by atoms with van der Waals surface area (Å²) in [4.78, 5) is 25.5. The van der Waals surface area contributed by atoms with Gasteiger partial charge in [0, 0.05) is 37.4 Å². The van der Waals surface area contributed by atoms with Crippen molar-refractivity contribution < 1.29 is 14.3 Å². The molecule has 0 bridgehead atoms. The van der Waals surface area contributed by atoms with Crippen LogP contribution in [0.1, 0.15) is 11.1 Å². The number of nitrogens with zero attached hydrogens (tertiary/aromatic N) is 1. The third-order valence-electron chi connectivity index (χ3n) is 4.42. The van der Waals surface area contributed by atoms with Crippen LogP contribution in [0.5, 0.6) is 5.75 Å². The standard InChI is InChI=1S/C20H24N4O3/c1-27-18-5-3-2-4-16(18)13-23-20(26)22-12-15-6-8-17(9-7-15)24-11-10-21-19(25)14-24/h2-9H,10-14H2,1H3,(H,21,25)(H2,22,23,26). The number of benzene rings is 2. The molecule has 1 aliphatic heterocycles. The van der Waals surface area contributed by atoms with Gasteiger partial charge >= 0.3 is 6.03 Å². The molecule has 1 fully saturated rings. The highest BCUT2D eigenvalue weighted by Gasteiger charge is 2.16. The van der Waals surface area contributed by atoms with Gasteiger partial charge in [-0.3, -0.25) is 4.79 Å². The van der Waals surface area contributed by atoms with Crippen LogP contribution in [0.25, 0.3) is 0 Å². The molecule has 0 aliphatic carbocycles. The molecule has 0 radical (unpaired) electrons. The number of amides is 3. The number of methoxy groups -OCH3 is 1. The Morgan fingerprint density at radius 2 is 1.85 bits per heavy atom. The number of ether oxygens (including phenoxy) is 1. The van der Waals surface area contributed by atoms with Crippen molar-refractivity contribution in [3.63, 3.8) is 0 Å². The fourth-order valence-corrected chi connectivity index (χ4v) is 2.95. The van der Waals surface area contributed by atoms with Crippen LogP contribution in [0.2, 0.25) is 0 Å². The van der Waals surface area contributed by atoms with Gasteiger partial charge in [0.15, 0.2) is 0 Å². The summed E-state index contributed by atoms with van der Waals surface area (Å²) in [7, 11) is 1.61. The molecule has 1 heterocycles. The molecule has 7 nitrogen and oxygen atoms in total. The molecule has 0 spiro atoms. The smallest absolute Gasteiger partial charge is 0.315 e. The van der Waals surface area contributed by atoms with Gasteiger partial charge in [0.1, 0.15) is 5.75 Å². The molecular weight excluding hydrogens is 344 g/mol. The number of carbonyl (C=O) groups excluding carboxylic acids is 2. The second-order valence-corrected chi connectivity index (χ2v) is 6.29. The van der Waals surface area contributed by atoms with Crippen molar-refractivity contribution in [3.8, 4) is 5.75 Å². The van der Waals surface area contributed by atoms with Gasteiger partial charge in [-0.05, 0) is 23.8 Å². The van der Waals surface area contributed by atoms with E-state index in [-0.39, 0.29) is 11.9 Å². The van der Waals surface area contributed by atoms with Crippen molar-refractivity contribution in [2.24, 2.45) is 0 Å². The zero-order valence-electron chi connectivity index (χ0n) is 15.3. The summed E-state index contributed by atoms with van der Waals surface area (Å²) in [6.07, 6.45) is 0.